The highest BCUT2D eigenvalue weighted by Gasteiger charge is 2.43. The van der Waals surface area contributed by atoms with Crippen molar-refractivity contribution in [1.29, 1.82) is 0 Å². The van der Waals surface area contributed by atoms with Crippen LogP contribution in [0.25, 0.3) is 0 Å². The van der Waals surface area contributed by atoms with Gasteiger partial charge in [-0.1, -0.05) is 24.3 Å². The van der Waals surface area contributed by atoms with Gasteiger partial charge in [-0.15, -0.1) is 0 Å². The summed E-state index contributed by atoms with van der Waals surface area (Å²) < 4.78 is 5.06. The normalized spacial score (nSPS) is 18.6. The van der Waals surface area contributed by atoms with E-state index in [1.54, 1.807) is 12.5 Å². The molecule has 1 heterocycles. The minimum atomic E-state index is -0.575. The molecule has 0 saturated heterocycles. The van der Waals surface area contributed by atoms with Gasteiger partial charge in [-0.2, -0.15) is 0 Å². The first-order valence-electron chi connectivity index (χ1n) is 6.22. The molecule has 1 atom stereocenters. The largest absolute Gasteiger partial charge is 0.472 e. The van der Waals surface area contributed by atoms with Crippen molar-refractivity contribution in [3.8, 4) is 0 Å². The van der Waals surface area contributed by atoms with Crippen LogP contribution in [0, 0.1) is 5.41 Å². The zero-order valence-corrected chi connectivity index (χ0v) is 10.2. The Morgan fingerprint density at radius 3 is 2.39 bits per heavy atom. The Kier molecular flexibility index (Phi) is 2.73. The molecular weight excluding hydrogens is 226 g/mol. The SMILES string of the molecule is NCC1(C(O)c2ccoc2)Cc2ccccc2C1. The van der Waals surface area contributed by atoms with Gasteiger partial charge in [0.25, 0.3) is 0 Å². The lowest BCUT2D eigenvalue weighted by atomic mass is 9.77. The number of hydrogen-bond acceptors (Lipinski definition) is 3. The van der Waals surface area contributed by atoms with E-state index in [1.807, 2.05) is 18.2 Å². The maximum absolute atomic E-state index is 10.6. The van der Waals surface area contributed by atoms with E-state index in [0.29, 0.717) is 6.54 Å². The van der Waals surface area contributed by atoms with Crippen LogP contribution in [0.4, 0.5) is 0 Å². The van der Waals surface area contributed by atoms with Crippen molar-refractivity contribution in [3.05, 3.63) is 59.5 Å². The quantitative estimate of drug-likeness (QED) is 0.867. The van der Waals surface area contributed by atoms with E-state index in [2.05, 4.69) is 12.1 Å². The molecule has 1 aliphatic rings. The highest BCUT2D eigenvalue weighted by molar-refractivity contribution is 5.36. The second-order valence-electron chi connectivity index (χ2n) is 5.15. The highest BCUT2D eigenvalue weighted by atomic mass is 16.3. The molecule has 94 valence electrons. The highest BCUT2D eigenvalue weighted by Crippen LogP contribution is 2.45. The third-order valence-electron chi connectivity index (χ3n) is 4.05. The number of furan rings is 1. The minimum Gasteiger partial charge on any atom is -0.472 e. The van der Waals surface area contributed by atoms with Crippen LogP contribution in [-0.4, -0.2) is 11.7 Å². The molecule has 0 saturated carbocycles. The van der Waals surface area contributed by atoms with Crippen LogP contribution < -0.4 is 5.73 Å². The summed E-state index contributed by atoms with van der Waals surface area (Å²) in [6.45, 7) is 0.466. The summed E-state index contributed by atoms with van der Waals surface area (Å²) in [5.74, 6) is 0. The summed E-state index contributed by atoms with van der Waals surface area (Å²) in [5, 5.41) is 10.6. The van der Waals surface area contributed by atoms with Crippen LogP contribution in [0.15, 0.2) is 47.3 Å². The molecule has 0 fully saturated rings. The third-order valence-corrected chi connectivity index (χ3v) is 4.05. The number of aliphatic hydroxyl groups is 1. The first kappa shape index (κ1) is 11.5. The standard InChI is InChI=1S/C15H17NO2/c16-10-15(14(17)13-5-6-18-9-13)7-11-3-1-2-4-12(11)8-15/h1-6,9,14,17H,7-8,10,16H2. The van der Waals surface area contributed by atoms with Gasteiger partial charge in [0.05, 0.1) is 18.6 Å². The minimum absolute atomic E-state index is 0.298. The van der Waals surface area contributed by atoms with Gasteiger partial charge in [0.15, 0.2) is 0 Å². The molecule has 0 bridgehead atoms. The van der Waals surface area contributed by atoms with Crippen LogP contribution in [-0.2, 0) is 12.8 Å². The zero-order valence-electron chi connectivity index (χ0n) is 10.2. The number of fused-ring (bicyclic) bond motifs is 1. The summed E-state index contributed by atoms with van der Waals surface area (Å²) in [5.41, 5.74) is 9.07. The van der Waals surface area contributed by atoms with Crippen LogP contribution in [0.5, 0.6) is 0 Å². The average molecular weight is 243 g/mol. The Bertz CT molecular complexity index is 508. The number of rotatable bonds is 3. The zero-order chi connectivity index (χ0) is 12.6. The number of hydrogen-bond donors (Lipinski definition) is 2. The first-order valence-corrected chi connectivity index (χ1v) is 6.22. The third kappa shape index (κ3) is 1.67. The molecule has 0 spiro atoms. The maximum Gasteiger partial charge on any atom is 0.0960 e. The molecular formula is C15H17NO2. The topological polar surface area (TPSA) is 59.4 Å². The van der Waals surface area contributed by atoms with Crippen LogP contribution in [0.3, 0.4) is 0 Å². The Morgan fingerprint density at radius 1 is 1.22 bits per heavy atom. The van der Waals surface area contributed by atoms with Gasteiger partial charge in [0.1, 0.15) is 0 Å². The molecule has 1 unspecified atom stereocenters. The molecule has 0 aliphatic heterocycles. The second-order valence-corrected chi connectivity index (χ2v) is 5.15. The molecule has 0 radical (unpaired) electrons. The lowest BCUT2D eigenvalue weighted by Crippen LogP contribution is -2.37. The summed E-state index contributed by atoms with van der Waals surface area (Å²) in [6.07, 6.45) is 4.27. The van der Waals surface area contributed by atoms with Crippen LogP contribution in [0.2, 0.25) is 0 Å². The van der Waals surface area contributed by atoms with E-state index >= 15 is 0 Å². The molecule has 3 N–H and O–H groups in total. The molecule has 3 heteroatoms. The predicted octanol–water partition coefficient (Wildman–Crippen LogP) is 2.06. The fraction of sp³-hybridized carbons (Fsp3) is 0.333. The molecule has 3 nitrogen and oxygen atoms in total. The van der Waals surface area contributed by atoms with E-state index in [1.165, 1.54) is 11.1 Å². The van der Waals surface area contributed by atoms with Gasteiger partial charge in [0, 0.05) is 17.5 Å². The lowest BCUT2D eigenvalue weighted by molar-refractivity contribution is 0.0353. The Hall–Kier alpha value is -1.58. The van der Waals surface area contributed by atoms with E-state index in [9.17, 15) is 5.11 Å². The fourth-order valence-corrected chi connectivity index (χ4v) is 2.96. The van der Waals surface area contributed by atoms with Crippen molar-refractivity contribution in [2.45, 2.75) is 18.9 Å². The predicted molar refractivity (Wildman–Crippen MR) is 69.0 cm³/mol. The van der Waals surface area contributed by atoms with Crippen molar-refractivity contribution in [2.75, 3.05) is 6.54 Å². The second kappa shape index (κ2) is 4.26. The van der Waals surface area contributed by atoms with Gasteiger partial charge in [-0.05, 0) is 30.0 Å². The lowest BCUT2D eigenvalue weighted by Gasteiger charge is -2.32. The summed E-state index contributed by atoms with van der Waals surface area (Å²) in [4.78, 5) is 0. The summed E-state index contributed by atoms with van der Waals surface area (Å²) >= 11 is 0. The van der Waals surface area contributed by atoms with E-state index in [-0.39, 0.29) is 5.41 Å². The van der Waals surface area contributed by atoms with Crippen molar-refractivity contribution in [1.82, 2.24) is 0 Å². The molecule has 1 aromatic heterocycles. The summed E-state index contributed by atoms with van der Waals surface area (Å²) in [7, 11) is 0. The molecule has 0 amide bonds. The number of nitrogens with two attached hydrogens (primary N) is 1. The average Bonchev–Trinajstić information content (AvgIpc) is 3.05. The van der Waals surface area contributed by atoms with E-state index < -0.39 is 6.10 Å². The molecule has 2 aromatic rings. The number of benzene rings is 1. The molecule has 1 aromatic carbocycles. The first-order chi connectivity index (χ1) is 8.75. The molecule has 3 rings (SSSR count). The van der Waals surface area contributed by atoms with Crippen molar-refractivity contribution < 1.29 is 9.52 Å². The Balaban J connectivity index is 1.95. The van der Waals surface area contributed by atoms with Gasteiger partial charge in [-0.25, -0.2) is 0 Å². The smallest absolute Gasteiger partial charge is 0.0960 e. The monoisotopic (exact) mass is 243 g/mol. The van der Waals surface area contributed by atoms with E-state index in [4.69, 9.17) is 10.2 Å². The molecule has 1 aliphatic carbocycles. The van der Waals surface area contributed by atoms with Gasteiger partial charge in [0.2, 0.25) is 0 Å². The Labute approximate surface area is 106 Å². The number of aliphatic hydroxyl groups excluding tert-OH is 1. The van der Waals surface area contributed by atoms with Crippen LogP contribution >= 0.6 is 0 Å². The van der Waals surface area contributed by atoms with Crippen molar-refractivity contribution in [2.24, 2.45) is 11.1 Å². The van der Waals surface area contributed by atoms with Gasteiger partial charge < -0.3 is 15.3 Å². The van der Waals surface area contributed by atoms with Crippen LogP contribution in [0.1, 0.15) is 22.8 Å². The fourth-order valence-electron chi connectivity index (χ4n) is 2.96. The van der Waals surface area contributed by atoms with E-state index in [0.717, 1.165) is 18.4 Å². The van der Waals surface area contributed by atoms with Gasteiger partial charge in [-0.3, -0.25) is 0 Å². The van der Waals surface area contributed by atoms with Crippen molar-refractivity contribution in [3.63, 3.8) is 0 Å². The maximum atomic E-state index is 10.6. The van der Waals surface area contributed by atoms with Crippen molar-refractivity contribution >= 4 is 0 Å². The Morgan fingerprint density at radius 2 is 1.89 bits per heavy atom. The molecule has 18 heavy (non-hydrogen) atoms. The summed E-state index contributed by atoms with van der Waals surface area (Å²) in [6, 6.07) is 10.1. The van der Waals surface area contributed by atoms with Gasteiger partial charge >= 0.3 is 0 Å².